The zero-order valence-corrected chi connectivity index (χ0v) is 8.68. The first-order valence-electron chi connectivity index (χ1n) is 5.07. The molecule has 2 nitrogen and oxygen atoms in total. The Labute approximate surface area is 80.6 Å². The lowest BCUT2D eigenvalue weighted by atomic mass is 9.95. The lowest BCUT2D eigenvalue weighted by Crippen LogP contribution is -2.18. The molecule has 0 heterocycles. The highest BCUT2D eigenvalue weighted by Crippen LogP contribution is 2.18. The Hall–Kier alpha value is -0.630. The standard InChI is InChI=1S/C11H19NO/c1-12(2)9-8-11(13)10-6-4-3-5-7-10/h6H,3-5,7-9H2,1-2H3. The molecule has 1 rings (SSSR count). The highest BCUT2D eigenvalue weighted by atomic mass is 16.1. The number of carbonyl (C=O) groups excluding carboxylic acids is 1. The maximum Gasteiger partial charge on any atom is 0.159 e. The van der Waals surface area contributed by atoms with Gasteiger partial charge in [-0.1, -0.05) is 6.08 Å². The summed E-state index contributed by atoms with van der Waals surface area (Å²) in [6.45, 7) is 0.871. The van der Waals surface area contributed by atoms with Crippen molar-refractivity contribution < 1.29 is 4.79 Å². The van der Waals surface area contributed by atoms with Gasteiger partial charge in [0.2, 0.25) is 0 Å². The predicted octanol–water partition coefficient (Wildman–Crippen LogP) is 2.01. The quantitative estimate of drug-likeness (QED) is 0.661. The molecule has 0 radical (unpaired) electrons. The lowest BCUT2D eigenvalue weighted by Gasteiger charge is -2.13. The largest absolute Gasteiger partial charge is 0.309 e. The highest BCUT2D eigenvalue weighted by Gasteiger charge is 2.11. The number of hydrogen-bond acceptors (Lipinski definition) is 2. The van der Waals surface area contributed by atoms with Crippen LogP contribution in [0.15, 0.2) is 11.6 Å². The van der Waals surface area contributed by atoms with Gasteiger partial charge < -0.3 is 4.90 Å². The Morgan fingerprint density at radius 2 is 2.23 bits per heavy atom. The van der Waals surface area contributed by atoms with Crippen molar-refractivity contribution >= 4 is 5.78 Å². The van der Waals surface area contributed by atoms with E-state index in [4.69, 9.17) is 0 Å². The third-order valence-corrected chi connectivity index (χ3v) is 2.44. The average molecular weight is 181 g/mol. The van der Waals surface area contributed by atoms with Gasteiger partial charge in [0.05, 0.1) is 0 Å². The van der Waals surface area contributed by atoms with Crippen LogP contribution in [0.5, 0.6) is 0 Å². The molecule has 1 aliphatic rings. The second-order valence-electron chi connectivity index (χ2n) is 3.95. The first kappa shape index (κ1) is 10.5. The molecule has 0 N–H and O–H groups in total. The molecular formula is C11H19NO. The van der Waals surface area contributed by atoms with E-state index in [0.29, 0.717) is 12.2 Å². The predicted molar refractivity (Wildman–Crippen MR) is 54.7 cm³/mol. The maximum absolute atomic E-state index is 11.6. The number of allylic oxidation sites excluding steroid dienone is 2. The first-order valence-corrected chi connectivity index (χ1v) is 5.07. The van der Waals surface area contributed by atoms with Crippen LogP contribution in [0.1, 0.15) is 32.1 Å². The van der Waals surface area contributed by atoms with Gasteiger partial charge in [-0.25, -0.2) is 0 Å². The summed E-state index contributed by atoms with van der Waals surface area (Å²) in [4.78, 5) is 13.7. The summed E-state index contributed by atoms with van der Waals surface area (Å²) >= 11 is 0. The number of hydrogen-bond donors (Lipinski definition) is 0. The van der Waals surface area contributed by atoms with Crippen LogP contribution in [0.25, 0.3) is 0 Å². The van der Waals surface area contributed by atoms with Crippen molar-refractivity contribution in [1.29, 1.82) is 0 Å². The molecule has 0 amide bonds. The monoisotopic (exact) mass is 181 g/mol. The molecule has 0 aromatic heterocycles. The Morgan fingerprint density at radius 3 is 2.77 bits per heavy atom. The molecule has 13 heavy (non-hydrogen) atoms. The summed E-state index contributed by atoms with van der Waals surface area (Å²) in [5, 5.41) is 0. The van der Waals surface area contributed by atoms with E-state index in [2.05, 4.69) is 11.0 Å². The van der Waals surface area contributed by atoms with Gasteiger partial charge >= 0.3 is 0 Å². The molecule has 74 valence electrons. The maximum atomic E-state index is 11.6. The van der Waals surface area contributed by atoms with Crippen molar-refractivity contribution in [2.24, 2.45) is 0 Å². The van der Waals surface area contributed by atoms with Gasteiger partial charge in [-0.05, 0) is 45.4 Å². The van der Waals surface area contributed by atoms with Crippen molar-refractivity contribution in [3.63, 3.8) is 0 Å². The molecule has 2 heteroatoms. The molecule has 0 fully saturated rings. The van der Waals surface area contributed by atoms with Gasteiger partial charge in [-0.15, -0.1) is 0 Å². The summed E-state index contributed by atoms with van der Waals surface area (Å²) in [5.41, 5.74) is 1.08. The summed E-state index contributed by atoms with van der Waals surface area (Å²) in [5.74, 6) is 0.355. The van der Waals surface area contributed by atoms with E-state index in [9.17, 15) is 4.79 Å². The minimum absolute atomic E-state index is 0.355. The van der Waals surface area contributed by atoms with Crippen molar-refractivity contribution in [2.45, 2.75) is 32.1 Å². The van der Waals surface area contributed by atoms with Gasteiger partial charge in [0, 0.05) is 13.0 Å². The lowest BCUT2D eigenvalue weighted by molar-refractivity contribution is -0.116. The third-order valence-electron chi connectivity index (χ3n) is 2.44. The van der Waals surface area contributed by atoms with Crippen LogP contribution in [-0.2, 0) is 4.79 Å². The fraction of sp³-hybridized carbons (Fsp3) is 0.727. The average Bonchev–Trinajstić information content (AvgIpc) is 2.15. The Balaban J connectivity index is 2.34. The van der Waals surface area contributed by atoms with Crippen molar-refractivity contribution in [1.82, 2.24) is 4.90 Å². The Bertz CT molecular complexity index is 206. The summed E-state index contributed by atoms with van der Waals surface area (Å²) in [6.07, 6.45) is 7.36. The number of nitrogens with zero attached hydrogens (tertiary/aromatic N) is 1. The van der Waals surface area contributed by atoms with E-state index in [1.165, 1.54) is 12.8 Å². The van der Waals surface area contributed by atoms with Gasteiger partial charge in [0.15, 0.2) is 5.78 Å². The normalized spacial score (nSPS) is 17.3. The van der Waals surface area contributed by atoms with Gasteiger partial charge in [0.25, 0.3) is 0 Å². The second kappa shape index (κ2) is 5.18. The Morgan fingerprint density at radius 1 is 1.46 bits per heavy atom. The van der Waals surface area contributed by atoms with Gasteiger partial charge in [-0.2, -0.15) is 0 Å². The molecule has 0 aromatic carbocycles. The zero-order valence-electron chi connectivity index (χ0n) is 8.68. The Kier molecular flexibility index (Phi) is 4.16. The number of Topliss-reactive ketones (excluding diaryl/α,β-unsaturated/α-hetero) is 1. The highest BCUT2D eigenvalue weighted by molar-refractivity contribution is 5.95. The smallest absolute Gasteiger partial charge is 0.159 e. The minimum atomic E-state index is 0.355. The molecule has 0 spiro atoms. The fourth-order valence-electron chi connectivity index (χ4n) is 1.58. The molecule has 1 aliphatic carbocycles. The van der Waals surface area contributed by atoms with E-state index in [-0.39, 0.29) is 0 Å². The second-order valence-corrected chi connectivity index (χ2v) is 3.95. The van der Waals surface area contributed by atoms with E-state index in [1.54, 1.807) is 0 Å². The number of carbonyl (C=O) groups is 1. The molecule has 0 bridgehead atoms. The molecule has 0 unspecified atom stereocenters. The number of rotatable bonds is 4. The zero-order chi connectivity index (χ0) is 9.68. The van der Waals surface area contributed by atoms with Crippen LogP contribution in [0.3, 0.4) is 0 Å². The van der Waals surface area contributed by atoms with E-state index >= 15 is 0 Å². The van der Waals surface area contributed by atoms with Crippen LogP contribution in [-0.4, -0.2) is 31.3 Å². The van der Waals surface area contributed by atoms with E-state index < -0.39 is 0 Å². The van der Waals surface area contributed by atoms with Crippen LogP contribution in [0, 0.1) is 0 Å². The first-order chi connectivity index (χ1) is 6.20. The van der Waals surface area contributed by atoms with Crippen LogP contribution >= 0.6 is 0 Å². The minimum Gasteiger partial charge on any atom is -0.309 e. The van der Waals surface area contributed by atoms with E-state index in [1.807, 2.05) is 14.1 Å². The van der Waals surface area contributed by atoms with Crippen LogP contribution in [0.2, 0.25) is 0 Å². The molecule has 0 saturated carbocycles. The molecule has 0 aromatic rings. The van der Waals surface area contributed by atoms with Crippen LogP contribution < -0.4 is 0 Å². The topological polar surface area (TPSA) is 20.3 Å². The van der Waals surface area contributed by atoms with Crippen molar-refractivity contribution in [2.75, 3.05) is 20.6 Å². The third kappa shape index (κ3) is 3.73. The number of ketones is 1. The summed E-state index contributed by atoms with van der Waals surface area (Å²) in [6, 6.07) is 0. The van der Waals surface area contributed by atoms with E-state index in [0.717, 1.165) is 25.0 Å². The van der Waals surface area contributed by atoms with Crippen LogP contribution in [0.4, 0.5) is 0 Å². The molecule has 0 aliphatic heterocycles. The summed E-state index contributed by atoms with van der Waals surface area (Å²) < 4.78 is 0. The molecule has 0 saturated heterocycles. The van der Waals surface area contributed by atoms with Crippen molar-refractivity contribution in [3.05, 3.63) is 11.6 Å². The van der Waals surface area contributed by atoms with Gasteiger partial charge in [-0.3, -0.25) is 4.79 Å². The fourth-order valence-corrected chi connectivity index (χ4v) is 1.58. The SMILES string of the molecule is CN(C)CCC(=O)C1=CCCCC1. The molecular weight excluding hydrogens is 162 g/mol. The molecule has 0 atom stereocenters. The summed E-state index contributed by atoms with van der Waals surface area (Å²) in [7, 11) is 4.01. The van der Waals surface area contributed by atoms with Gasteiger partial charge in [0.1, 0.15) is 0 Å². The van der Waals surface area contributed by atoms with Crippen molar-refractivity contribution in [3.8, 4) is 0 Å².